The molecule has 3 fully saturated rings. The summed E-state index contributed by atoms with van der Waals surface area (Å²) in [7, 11) is 0. The van der Waals surface area contributed by atoms with E-state index in [2.05, 4.69) is 5.32 Å². The van der Waals surface area contributed by atoms with Crippen molar-refractivity contribution in [2.45, 2.75) is 46.1 Å². The molecule has 1 aromatic carbocycles. The maximum absolute atomic E-state index is 12.8. The van der Waals surface area contributed by atoms with Crippen LogP contribution in [0.2, 0.25) is 0 Å². The zero-order valence-electron chi connectivity index (χ0n) is 16.9. The number of likely N-dealkylation sites (tertiary alicyclic amines) is 1. The number of amides is 3. The molecule has 1 heterocycles. The highest BCUT2D eigenvalue weighted by Gasteiger charge is 2.62. The van der Waals surface area contributed by atoms with Crippen molar-refractivity contribution in [2.24, 2.45) is 23.7 Å². The first-order valence-corrected chi connectivity index (χ1v) is 10.2. The molecule has 1 saturated heterocycles. The van der Waals surface area contributed by atoms with Gasteiger partial charge in [-0.2, -0.15) is 0 Å². The van der Waals surface area contributed by atoms with Gasteiger partial charge in [-0.15, -0.1) is 0 Å². The molecule has 1 aliphatic heterocycles. The molecule has 0 unspecified atom stereocenters. The number of benzene rings is 1. The Morgan fingerprint density at radius 3 is 2.31 bits per heavy atom. The Hall–Kier alpha value is -2.70. The summed E-state index contributed by atoms with van der Waals surface area (Å²) < 4.78 is 5.10. The van der Waals surface area contributed by atoms with Crippen LogP contribution in [0.15, 0.2) is 18.2 Å². The van der Waals surface area contributed by atoms with Crippen molar-refractivity contribution >= 4 is 29.4 Å². The molecule has 0 radical (unpaired) electrons. The number of carbonyl (C=O) groups is 4. The van der Waals surface area contributed by atoms with Crippen molar-refractivity contribution in [1.82, 2.24) is 4.90 Å². The molecule has 0 spiro atoms. The molecule has 3 aliphatic rings. The molecule has 1 aromatic rings. The number of anilines is 1. The van der Waals surface area contributed by atoms with E-state index in [9.17, 15) is 19.2 Å². The lowest BCUT2D eigenvalue weighted by Gasteiger charge is -2.23. The lowest BCUT2D eigenvalue weighted by molar-refractivity contribution is -0.159. The van der Waals surface area contributed by atoms with E-state index in [0.717, 1.165) is 35.3 Å². The largest absolute Gasteiger partial charge is 0.454 e. The number of nitrogens with one attached hydrogen (secondary N) is 1. The number of aryl methyl sites for hydroxylation is 2. The highest BCUT2D eigenvalue weighted by molar-refractivity contribution is 6.08. The molecule has 3 amide bonds. The highest BCUT2D eigenvalue weighted by atomic mass is 16.5. The van der Waals surface area contributed by atoms with Crippen molar-refractivity contribution in [3.05, 3.63) is 29.3 Å². The zero-order valence-corrected chi connectivity index (χ0v) is 16.9. The van der Waals surface area contributed by atoms with E-state index in [1.54, 1.807) is 6.07 Å². The Morgan fingerprint density at radius 2 is 1.72 bits per heavy atom. The van der Waals surface area contributed by atoms with Crippen LogP contribution in [-0.4, -0.2) is 41.2 Å². The number of nitrogens with zero attached hydrogens (tertiary/aromatic N) is 1. The minimum Gasteiger partial charge on any atom is -0.454 e. The van der Waals surface area contributed by atoms with Gasteiger partial charge in [0, 0.05) is 5.69 Å². The van der Waals surface area contributed by atoms with Gasteiger partial charge in [0.2, 0.25) is 11.8 Å². The van der Waals surface area contributed by atoms with Gasteiger partial charge in [0.1, 0.15) is 6.04 Å². The van der Waals surface area contributed by atoms with Crippen molar-refractivity contribution in [3.63, 3.8) is 0 Å². The summed E-state index contributed by atoms with van der Waals surface area (Å²) in [6.07, 6.45) is 2.91. The second-order valence-electron chi connectivity index (χ2n) is 8.56. The number of esters is 1. The van der Waals surface area contributed by atoms with Crippen LogP contribution in [0.4, 0.5) is 5.69 Å². The summed E-state index contributed by atoms with van der Waals surface area (Å²) >= 11 is 0. The minimum atomic E-state index is -1.02. The summed E-state index contributed by atoms with van der Waals surface area (Å²) in [5, 5.41) is 2.68. The lowest BCUT2D eigenvalue weighted by atomic mass is 9.81. The maximum atomic E-state index is 12.8. The zero-order chi connectivity index (χ0) is 20.9. The standard InChI is InChI=1S/C22H26N2O5/c1-11-4-7-16(8-12(11)2)23-17(25)10-29-22(28)13(3)24-20(26)18-14-5-6-15(9-14)19(18)21(24)27/h4,7-8,13-15,18-19H,5-6,9-10H2,1-3H3,(H,23,25)/t13-,14-,15-,18+,19+/m0/s1. The fourth-order valence-corrected chi connectivity index (χ4v) is 5.19. The molecule has 2 bridgehead atoms. The van der Waals surface area contributed by atoms with Gasteiger partial charge in [0.15, 0.2) is 6.61 Å². The normalized spacial score (nSPS) is 28.4. The summed E-state index contributed by atoms with van der Waals surface area (Å²) in [4.78, 5) is 51.2. The molecule has 29 heavy (non-hydrogen) atoms. The van der Waals surface area contributed by atoms with Crippen LogP contribution >= 0.6 is 0 Å². The second-order valence-corrected chi connectivity index (χ2v) is 8.56. The Morgan fingerprint density at radius 1 is 1.10 bits per heavy atom. The van der Waals surface area contributed by atoms with E-state index in [1.807, 2.05) is 26.0 Å². The topological polar surface area (TPSA) is 92.8 Å². The molecule has 7 nitrogen and oxygen atoms in total. The number of hydrogen-bond donors (Lipinski definition) is 1. The molecule has 2 saturated carbocycles. The summed E-state index contributed by atoms with van der Waals surface area (Å²) in [5.74, 6) is -1.74. The third kappa shape index (κ3) is 3.32. The Kier molecular flexibility index (Phi) is 4.92. The molecular weight excluding hydrogens is 372 g/mol. The quantitative estimate of drug-likeness (QED) is 0.606. The van der Waals surface area contributed by atoms with E-state index >= 15 is 0 Å². The second kappa shape index (κ2) is 7.28. The number of fused-ring (bicyclic) bond motifs is 5. The van der Waals surface area contributed by atoms with Gasteiger partial charge >= 0.3 is 5.97 Å². The molecule has 5 atom stereocenters. The fourth-order valence-electron chi connectivity index (χ4n) is 5.19. The number of carbonyl (C=O) groups excluding carboxylic acids is 4. The van der Waals surface area contributed by atoms with E-state index in [0.29, 0.717) is 5.69 Å². The first kappa shape index (κ1) is 19.6. The first-order valence-electron chi connectivity index (χ1n) is 10.2. The number of imide groups is 1. The summed E-state index contributed by atoms with van der Waals surface area (Å²) in [6.45, 7) is 4.94. The molecule has 4 rings (SSSR count). The van der Waals surface area contributed by atoms with Crippen LogP contribution in [0.5, 0.6) is 0 Å². The molecule has 0 aromatic heterocycles. The van der Waals surface area contributed by atoms with Gasteiger partial charge in [-0.25, -0.2) is 4.79 Å². The summed E-state index contributed by atoms with van der Waals surface area (Å²) in [6, 6.07) is 4.49. The van der Waals surface area contributed by atoms with E-state index in [-0.39, 0.29) is 35.5 Å². The van der Waals surface area contributed by atoms with Gasteiger partial charge in [-0.3, -0.25) is 19.3 Å². The number of rotatable bonds is 5. The minimum absolute atomic E-state index is 0.253. The lowest BCUT2D eigenvalue weighted by Crippen LogP contribution is -2.45. The average Bonchev–Trinajstić information content (AvgIpc) is 3.36. The molecule has 1 N–H and O–H groups in total. The van der Waals surface area contributed by atoms with Crippen LogP contribution in [-0.2, 0) is 23.9 Å². The van der Waals surface area contributed by atoms with Crippen molar-refractivity contribution in [2.75, 3.05) is 11.9 Å². The Labute approximate surface area is 169 Å². The van der Waals surface area contributed by atoms with Crippen LogP contribution in [0.1, 0.15) is 37.3 Å². The van der Waals surface area contributed by atoms with E-state index in [1.165, 1.54) is 6.92 Å². The van der Waals surface area contributed by atoms with Crippen LogP contribution < -0.4 is 5.32 Å². The van der Waals surface area contributed by atoms with Crippen LogP contribution in [0.25, 0.3) is 0 Å². The highest BCUT2D eigenvalue weighted by Crippen LogP contribution is 2.56. The Balaban J connectivity index is 1.34. The first-order chi connectivity index (χ1) is 13.8. The van der Waals surface area contributed by atoms with E-state index < -0.39 is 24.5 Å². The van der Waals surface area contributed by atoms with E-state index in [4.69, 9.17) is 4.74 Å². The van der Waals surface area contributed by atoms with Gasteiger partial charge in [0.05, 0.1) is 11.8 Å². The molecular formula is C22H26N2O5. The third-order valence-electron chi connectivity index (χ3n) is 6.83. The van der Waals surface area contributed by atoms with Crippen LogP contribution in [0.3, 0.4) is 0 Å². The smallest absolute Gasteiger partial charge is 0.329 e. The van der Waals surface area contributed by atoms with Gasteiger partial charge in [0.25, 0.3) is 5.91 Å². The van der Waals surface area contributed by atoms with Gasteiger partial charge in [-0.05, 0) is 75.1 Å². The Bertz CT molecular complexity index is 867. The molecule has 7 heteroatoms. The maximum Gasteiger partial charge on any atom is 0.329 e. The fraction of sp³-hybridized carbons (Fsp3) is 0.545. The van der Waals surface area contributed by atoms with Gasteiger partial charge < -0.3 is 10.1 Å². The SMILES string of the molecule is Cc1ccc(NC(=O)COC(=O)[C@H](C)N2C(=O)[C@@H]3[C@H]4CC[C@@H](C4)[C@H]3C2=O)cc1C. The van der Waals surface area contributed by atoms with Crippen molar-refractivity contribution < 1.29 is 23.9 Å². The van der Waals surface area contributed by atoms with Crippen molar-refractivity contribution in [1.29, 1.82) is 0 Å². The average molecular weight is 398 g/mol. The van der Waals surface area contributed by atoms with Crippen LogP contribution in [0, 0.1) is 37.5 Å². The predicted octanol–water partition coefficient (Wildman–Crippen LogP) is 2.20. The number of ether oxygens (including phenoxy) is 1. The predicted molar refractivity (Wildman–Crippen MR) is 105 cm³/mol. The third-order valence-corrected chi connectivity index (χ3v) is 6.83. The van der Waals surface area contributed by atoms with Gasteiger partial charge in [-0.1, -0.05) is 6.07 Å². The number of hydrogen-bond acceptors (Lipinski definition) is 5. The summed E-state index contributed by atoms with van der Waals surface area (Å²) in [5.41, 5.74) is 2.77. The van der Waals surface area contributed by atoms with Crippen molar-refractivity contribution in [3.8, 4) is 0 Å². The molecule has 154 valence electrons. The molecule has 2 aliphatic carbocycles. The monoisotopic (exact) mass is 398 g/mol.